The fourth-order valence-electron chi connectivity index (χ4n) is 2.55. The van der Waals surface area contributed by atoms with Crippen molar-refractivity contribution in [2.45, 2.75) is 20.4 Å². The summed E-state index contributed by atoms with van der Waals surface area (Å²) < 4.78 is 14.2. The minimum Gasteiger partial charge on any atom is -0.308 e. The summed E-state index contributed by atoms with van der Waals surface area (Å²) in [5, 5.41) is 4.91. The highest BCUT2D eigenvalue weighted by Crippen LogP contribution is 2.14. The third-order valence-corrected chi connectivity index (χ3v) is 4.12. The van der Waals surface area contributed by atoms with Crippen molar-refractivity contribution in [3.05, 3.63) is 70.0 Å². The van der Waals surface area contributed by atoms with Crippen molar-refractivity contribution >= 4 is 28.5 Å². The molecule has 0 spiro atoms. The van der Waals surface area contributed by atoms with Crippen LogP contribution >= 0.6 is 0 Å². The van der Waals surface area contributed by atoms with Crippen molar-refractivity contribution in [1.82, 2.24) is 14.9 Å². The van der Waals surface area contributed by atoms with E-state index in [2.05, 4.69) is 15.6 Å². The Morgan fingerprint density at radius 1 is 1.11 bits per heavy atom. The average molecular weight is 368 g/mol. The van der Waals surface area contributed by atoms with Crippen LogP contribution in [0.1, 0.15) is 11.1 Å². The van der Waals surface area contributed by atoms with E-state index in [1.165, 1.54) is 6.07 Å². The number of rotatable bonds is 3. The number of amides is 3. The number of carbonyl (C=O) groups excluding carboxylic acids is 2. The maximum Gasteiger partial charge on any atom is 0.325 e. The number of imide groups is 1. The van der Waals surface area contributed by atoms with Gasteiger partial charge in [-0.1, -0.05) is 6.07 Å². The summed E-state index contributed by atoms with van der Waals surface area (Å²) >= 11 is 0. The first-order valence-corrected chi connectivity index (χ1v) is 8.16. The zero-order chi connectivity index (χ0) is 19.6. The monoisotopic (exact) mass is 368 g/mol. The topological polar surface area (TPSA) is 93.1 Å². The molecule has 1 aromatic heterocycles. The van der Waals surface area contributed by atoms with E-state index in [1.807, 2.05) is 19.9 Å². The zero-order valence-corrected chi connectivity index (χ0v) is 14.7. The van der Waals surface area contributed by atoms with E-state index >= 15 is 0 Å². The van der Waals surface area contributed by atoms with Crippen LogP contribution in [0.2, 0.25) is 0 Å². The van der Waals surface area contributed by atoms with Gasteiger partial charge in [0.2, 0.25) is 5.91 Å². The van der Waals surface area contributed by atoms with E-state index in [0.29, 0.717) is 5.69 Å². The maximum atomic E-state index is 13.2. The molecule has 0 unspecified atom stereocenters. The molecule has 0 saturated carbocycles. The Morgan fingerprint density at radius 2 is 1.89 bits per heavy atom. The molecule has 3 amide bonds. The molecule has 0 aliphatic rings. The summed E-state index contributed by atoms with van der Waals surface area (Å²) in [5.74, 6) is -1.19. The highest BCUT2D eigenvalue weighted by Gasteiger charge is 2.12. The number of nitrogens with one attached hydrogen (secondary N) is 2. The number of halogens is 1. The van der Waals surface area contributed by atoms with E-state index in [1.54, 1.807) is 12.1 Å². The van der Waals surface area contributed by atoms with Gasteiger partial charge in [-0.05, 0) is 49.2 Å². The molecule has 0 radical (unpaired) electrons. The van der Waals surface area contributed by atoms with Gasteiger partial charge in [0.25, 0.3) is 5.56 Å². The first-order chi connectivity index (χ1) is 12.8. The summed E-state index contributed by atoms with van der Waals surface area (Å²) in [5.41, 5.74) is 2.34. The van der Waals surface area contributed by atoms with E-state index in [0.717, 1.165) is 34.2 Å². The van der Waals surface area contributed by atoms with Gasteiger partial charge in [-0.25, -0.2) is 14.2 Å². The van der Waals surface area contributed by atoms with Gasteiger partial charge < -0.3 is 5.32 Å². The quantitative estimate of drug-likeness (QED) is 0.743. The fourth-order valence-corrected chi connectivity index (χ4v) is 2.55. The molecule has 0 aliphatic heterocycles. The smallest absolute Gasteiger partial charge is 0.308 e. The summed E-state index contributed by atoms with van der Waals surface area (Å²) in [4.78, 5) is 40.3. The molecule has 0 aliphatic carbocycles. The lowest BCUT2D eigenvalue weighted by atomic mass is 10.1. The Bertz CT molecular complexity index is 1110. The first kappa shape index (κ1) is 18.2. The van der Waals surface area contributed by atoms with Gasteiger partial charge in [-0.3, -0.25) is 19.5 Å². The standard InChI is InChI=1S/C19H17FN4O3/c1-11-3-5-14(7-12(11)2)22-19(27)23-17(25)9-24-10-21-16-8-13(20)4-6-15(16)18(24)26/h3-8,10H,9H2,1-2H3,(H2,22,23,25,27). The number of fused-ring (bicyclic) bond motifs is 1. The number of aromatic nitrogens is 2. The average Bonchev–Trinajstić information content (AvgIpc) is 2.60. The minimum absolute atomic E-state index is 0.186. The molecule has 27 heavy (non-hydrogen) atoms. The number of hydrogen-bond donors (Lipinski definition) is 2. The van der Waals surface area contributed by atoms with Crippen LogP contribution in [0.15, 0.2) is 47.5 Å². The molecule has 0 atom stereocenters. The summed E-state index contributed by atoms with van der Waals surface area (Å²) in [6.07, 6.45) is 1.14. The number of urea groups is 1. The molecule has 3 aromatic rings. The molecular weight excluding hydrogens is 351 g/mol. The van der Waals surface area contributed by atoms with Gasteiger partial charge in [0.05, 0.1) is 17.2 Å². The molecule has 3 rings (SSSR count). The highest BCUT2D eigenvalue weighted by molar-refractivity contribution is 6.01. The van der Waals surface area contributed by atoms with E-state index in [-0.39, 0.29) is 17.4 Å². The third kappa shape index (κ3) is 4.17. The second-order valence-electron chi connectivity index (χ2n) is 6.14. The van der Waals surface area contributed by atoms with Crippen LogP contribution in [0.4, 0.5) is 14.9 Å². The molecule has 2 aromatic carbocycles. The number of carbonyl (C=O) groups is 2. The Hall–Kier alpha value is -3.55. The van der Waals surface area contributed by atoms with Crippen molar-refractivity contribution in [3.8, 4) is 0 Å². The number of aryl methyl sites for hydroxylation is 2. The minimum atomic E-state index is -0.702. The first-order valence-electron chi connectivity index (χ1n) is 8.16. The van der Waals surface area contributed by atoms with Crippen molar-refractivity contribution in [2.75, 3.05) is 5.32 Å². The maximum absolute atomic E-state index is 13.2. The SMILES string of the molecule is Cc1ccc(NC(=O)NC(=O)Cn2cnc3cc(F)ccc3c2=O)cc1C. The Balaban J connectivity index is 1.68. The van der Waals surface area contributed by atoms with E-state index < -0.39 is 23.3 Å². The van der Waals surface area contributed by atoms with Crippen LogP contribution in [0, 0.1) is 19.7 Å². The van der Waals surface area contributed by atoms with E-state index in [4.69, 9.17) is 0 Å². The molecule has 2 N–H and O–H groups in total. The van der Waals surface area contributed by atoms with Gasteiger partial charge in [-0.15, -0.1) is 0 Å². The molecule has 8 heteroatoms. The predicted molar refractivity (Wildman–Crippen MR) is 99.0 cm³/mol. The molecule has 1 heterocycles. The number of nitrogens with zero attached hydrogens (tertiary/aromatic N) is 2. The Labute approximate surface area is 153 Å². The van der Waals surface area contributed by atoms with E-state index in [9.17, 15) is 18.8 Å². The second kappa shape index (κ2) is 7.36. The van der Waals surface area contributed by atoms with Crippen LogP contribution in [0.5, 0.6) is 0 Å². The van der Waals surface area contributed by atoms with Gasteiger partial charge in [0.15, 0.2) is 0 Å². The lowest BCUT2D eigenvalue weighted by Crippen LogP contribution is -2.38. The summed E-state index contributed by atoms with van der Waals surface area (Å²) in [7, 11) is 0. The van der Waals surface area contributed by atoms with Crippen molar-refractivity contribution < 1.29 is 14.0 Å². The molecular formula is C19H17FN4O3. The number of hydrogen-bond acceptors (Lipinski definition) is 4. The van der Waals surface area contributed by atoms with Crippen molar-refractivity contribution in [3.63, 3.8) is 0 Å². The predicted octanol–water partition coefficient (Wildman–Crippen LogP) is 2.50. The second-order valence-corrected chi connectivity index (χ2v) is 6.14. The fraction of sp³-hybridized carbons (Fsp3) is 0.158. The van der Waals surface area contributed by atoms with Crippen molar-refractivity contribution in [1.29, 1.82) is 0 Å². The van der Waals surface area contributed by atoms with Crippen LogP contribution < -0.4 is 16.2 Å². The normalized spacial score (nSPS) is 10.6. The third-order valence-electron chi connectivity index (χ3n) is 4.12. The highest BCUT2D eigenvalue weighted by atomic mass is 19.1. The van der Waals surface area contributed by atoms with Gasteiger partial charge >= 0.3 is 6.03 Å². The molecule has 0 fully saturated rings. The number of anilines is 1. The summed E-state index contributed by atoms with van der Waals surface area (Å²) in [6, 6.07) is 8.26. The van der Waals surface area contributed by atoms with Gasteiger partial charge in [-0.2, -0.15) is 0 Å². The van der Waals surface area contributed by atoms with Crippen molar-refractivity contribution in [2.24, 2.45) is 0 Å². The Morgan fingerprint density at radius 3 is 2.63 bits per heavy atom. The van der Waals surface area contributed by atoms with Crippen LogP contribution in [-0.2, 0) is 11.3 Å². The van der Waals surface area contributed by atoms with Crippen LogP contribution in [-0.4, -0.2) is 21.5 Å². The van der Waals surface area contributed by atoms with Crippen LogP contribution in [0.25, 0.3) is 10.9 Å². The van der Waals surface area contributed by atoms with Gasteiger partial charge in [0.1, 0.15) is 12.4 Å². The molecule has 0 saturated heterocycles. The van der Waals surface area contributed by atoms with Gasteiger partial charge in [0, 0.05) is 11.8 Å². The lowest BCUT2D eigenvalue weighted by molar-refractivity contribution is -0.120. The molecule has 7 nitrogen and oxygen atoms in total. The largest absolute Gasteiger partial charge is 0.325 e. The Kier molecular flexibility index (Phi) is 4.98. The summed E-state index contributed by atoms with van der Waals surface area (Å²) in [6.45, 7) is 3.47. The zero-order valence-electron chi connectivity index (χ0n) is 14.7. The van der Waals surface area contributed by atoms with Crippen LogP contribution in [0.3, 0.4) is 0 Å². The number of benzene rings is 2. The molecule has 0 bridgehead atoms. The lowest BCUT2D eigenvalue weighted by Gasteiger charge is -2.10. The molecule has 138 valence electrons.